The fourth-order valence-corrected chi connectivity index (χ4v) is 4.59. The van der Waals surface area contributed by atoms with Gasteiger partial charge in [-0.2, -0.15) is 15.1 Å². The molecule has 0 unspecified atom stereocenters. The van der Waals surface area contributed by atoms with Crippen LogP contribution in [0.4, 0.5) is 0 Å². The molecule has 8 nitrogen and oxygen atoms in total. The molecule has 2 aliphatic heterocycles. The summed E-state index contributed by atoms with van der Waals surface area (Å²) in [5.74, 6) is 1.01. The van der Waals surface area contributed by atoms with Crippen molar-refractivity contribution in [3.63, 3.8) is 0 Å². The molecule has 2 aliphatic rings. The lowest BCUT2D eigenvalue weighted by molar-refractivity contribution is -0.114. The maximum Gasteiger partial charge on any atom is 0.283 e. The van der Waals surface area contributed by atoms with E-state index in [1.807, 2.05) is 66.7 Å². The number of carbonyl (C=O) groups is 1. The molecule has 1 amide bonds. The van der Waals surface area contributed by atoms with Crippen LogP contribution in [0.1, 0.15) is 16.7 Å². The van der Waals surface area contributed by atoms with Crippen LogP contribution in [0.2, 0.25) is 0 Å². The number of amidine groups is 2. The average molecular weight is 510 g/mol. The third-order valence-corrected chi connectivity index (χ3v) is 6.46. The molecule has 5 rings (SSSR count). The minimum Gasteiger partial charge on any atom is -0.490 e. The van der Waals surface area contributed by atoms with E-state index in [9.17, 15) is 4.79 Å². The fraction of sp³-hybridized carbons (Fsp3) is 0.107. The van der Waals surface area contributed by atoms with Crippen molar-refractivity contribution in [2.75, 3.05) is 13.2 Å². The van der Waals surface area contributed by atoms with Crippen molar-refractivity contribution in [3.8, 4) is 11.5 Å². The second-order valence-electron chi connectivity index (χ2n) is 8.03. The van der Waals surface area contributed by atoms with Gasteiger partial charge in [-0.3, -0.25) is 15.2 Å². The highest BCUT2D eigenvalue weighted by atomic mass is 32.2. The largest absolute Gasteiger partial charge is 0.490 e. The third kappa shape index (κ3) is 5.52. The molecule has 0 atom stereocenters. The lowest BCUT2D eigenvalue weighted by Gasteiger charge is -2.20. The lowest BCUT2D eigenvalue weighted by Crippen LogP contribution is -2.35. The quantitative estimate of drug-likeness (QED) is 0.249. The van der Waals surface area contributed by atoms with E-state index in [1.165, 1.54) is 16.8 Å². The van der Waals surface area contributed by atoms with Gasteiger partial charge in [-0.1, -0.05) is 36.4 Å². The Bertz CT molecular complexity index is 1430. The number of nitrogens with zero attached hydrogens (tertiary/aromatic N) is 4. The number of hydrogen-bond donors (Lipinski definition) is 1. The molecule has 0 aliphatic carbocycles. The molecule has 184 valence electrons. The minimum absolute atomic E-state index is 0.0180. The molecule has 2 aromatic carbocycles. The summed E-state index contributed by atoms with van der Waals surface area (Å²) in [5, 5.41) is 15.4. The number of rotatable bonds is 9. The number of fused-ring (bicyclic) bond motifs is 1. The molecule has 1 N–H and O–H groups in total. The van der Waals surface area contributed by atoms with Crippen LogP contribution in [0.25, 0.3) is 6.08 Å². The van der Waals surface area contributed by atoms with E-state index in [1.54, 1.807) is 18.5 Å². The molecule has 0 bridgehead atoms. The fourth-order valence-electron chi connectivity index (χ4n) is 3.70. The van der Waals surface area contributed by atoms with Crippen LogP contribution in [0.5, 0.6) is 11.5 Å². The summed E-state index contributed by atoms with van der Waals surface area (Å²) in [7, 11) is 0. The number of carbonyl (C=O) groups excluding carboxylic acids is 1. The number of ether oxygens (including phenoxy) is 2. The van der Waals surface area contributed by atoms with E-state index >= 15 is 0 Å². The Balaban J connectivity index is 1.21. The number of benzene rings is 2. The standard InChI is InChI=1S/C28H23N5O3S/c1-2-6-20-7-3-4-9-24(20)36-16-15-35-22-12-10-19(11-13-22)17-23-25(29)33-28(31-26(23)34)37-27(32-33)21-8-5-14-30-18-21/h2-5,7-14,17-18,29H,1,6,15-16H2. The number of pyridine rings is 1. The van der Waals surface area contributed by atoms with E-state index in [0.29, 0.717) is 29.2 Å². The molecular formula is C28H23N5O3S. The predicted molar refractivity (Wildman–Crippen MR) is 146 cm³/mol. The number of para-hydroxylation sites is 1. The zero-order chi connectivity index (χ0) is 25.6. The Morgan fingerprint density at radius 2 is 1.84 bits per heavy atom. The second kappa shape index (κ2) is 11.0. The zero-order valence-corrected chi connectivity index (χ0v) is 20.6. The van der Waals surface area contributed by atoms with Crippen LogP contribution in [0.15, 0.2) is 101 Å². The lowest BCUT2D eigenvalue weighted by atomic mass is 10.1. The molecule has 0 saturated heterocycles. The van der Waals surface area contributed by atoms with Crippen molar-refractivity contribution in [2.45, 2.75) is 6.42 Å². The molecule has 0 fully saturated rings. The van der Waals surface area contributed by atoms with Crippen LogP contribution in [0, 0.1) is 5.41 Å². The van der Waals surface area contributed by atoms with Gasteiger partial charge < -0.3 is 9.47 Å². The first-order valence-electron chi connectivity index (χ1n) is 11.6. The maximum atomic E-state index is 12.7. The van der Waals surface area contributed by atoms with E-state index in [-0.39, 0.29) is 11.4 Å². The molecule has 9 heteroatoms. The number of nitrogens with one attached hydrogen (secondary N) is 1. The van der Waals surface area contributed by atoms with Gasteiger partial charge in [-0.15, -0.1) is 6.58 Å². The predicted octanol–water partition coefficient (Wildman–Crippen LogP) is 4.94. The number of amides is 1. The summed E-state index contributed by atoms with van der Waals surface area (Å²) >= 11 is 1.24. The topological polar surface area (TPSA) is 100 Å². The van der Waals surface area contributed by atoms with E-state index < -0.39 is 5.91 Å². The van der Waals surface area contributed by atoms with E-state index in [2.05, 4.69) is 21.7 Å². The van der Waals surface area contributed by atoms with Gasteiger partial charge in [0.1, 0.15) is 29.8 Å². The Morgan fingerprint density at radius 3 is 2.62 bits per heavy atom. The highest BCUT2D eigenvalue weighted by Crippen LogP contribution is 2.30. The molecule has 1 aromatic heterocycles. The normalized spacial score (nSPS) is 15.8. The Hall–Kier alpha value is -4.50. The number of aromatic nitrogens is 1. The molecule has 0 spiro atoms. The van der Waals surface area contributed by atoms with Gasteiger partial charge >= 0.3 is 0 Å². The molecule has 0 saturated carbocycles. The summed E-state index contributed by atoms with van der Waals surface area (Å²) in [6, 6.07) is 18.8. The summed E-state index contributed by atoms with van der Waals surface area (Å²) < 4.78 is 11.6. The van der Waals surface area contributed by atoms with Crippen molar-refractivity contribution < 1.29 is 14.3 Å². The molecule has 37 heavy (non-hydrogen) atoms. The molecule has 3 aromatic rings. The first-order chi connectivity index (χ1) is 18.1. The molecule has 0 radical (unpaired) electrons. The maximum absolute atomic E-state index is 12.7. The summed E-state index contributed by atoms with van der Waals surface area (Å²) in [6.45, 7) is 4.57. The van der Waals surface area contributed by atoms with Crippen LogP contribution >= 0.6 is 11.8 Å². The average Bonchev–Trinajstić information content (AvgIpc) is 3.35. The summed E-state index contributed by atoms with van der Waals surface area (Å²) in [6.07, 6.45) is 7.59. The summed E-state index contributed by atoms with van der Waals surface area (Å²) in [5.41, 5.74) is 2.80. The van der Waals surface area contributed by atoms with Crippen molar-refractivity contribution in [1.82, 2.24) is 9.99 Å². The monoisotopic (exact) mass is 509 g/mol. The van der Waals surface area contributed by atoms with Gasteiger partial charge in [0.2, 0.25) is 5.17 Å². The Labute approximate surface area is 218 Å². The van der Waals surface area contributed by atoms with Crippen LogP contribution in [-0.4, -0.2) is 45.2 Å². The SMILES string of the molecule is C=CCc1ccccc1OCCOc1ccc(C=C2C(=N)N3N=C(c4cccnc4)SC3=NC2=O)cc1. The van der Waals surface area contributed by atoms with Crippen molar-refractivity contribution in [1.29, 1.82) is 5.41 Å². The molecular weight excluding hydrogens is 486 g/mol. The van der Waals surface area contributed by atoms with Gasteiger partial charge in [0, 0.05) is 18.0 Å². The number of allylic oxidation sites excluding steroid dienone is 1. The first kappa shape index (κ1) is 24.2. The van der Waals surface area contributed by atoms with Crippen LogP contribution < -0.4 is 9.47 Å². The van der Waals surface area contributed by atoms with Gasteiger partial charge in [-0.05, 0) is 65.7 Å². The highest BCUT2D eigenvalue weighted by Gasteiger charge is 2.36. The smallest absolute Gasteiger partial charge is 0.283 e. The van der Waals surface area contributed by atoms with Gasteiger partial charge in [0.15, 0.2) is 5.84 Å². The zero-order valence-electron chi connectivity index (χ0n) is 19.8. The minimum atomic E-state index is -0.472. The van der Waals surface area contributed by atoms with Crippen LogP contribution in [-0.2, 0) is 11.2 Å². The first-order valence-corrected chi connectivity index (χ1v) is 12.4. The van der Waals surface area contributed by atoms with Crippen molar-refractivity contribution in [2.24, 2.45) is 10.1 Å². The number of hydrogen-bond acceptors (Lipinski definition) is 7. The van der Waals surface area contributed by atoms with Gasteiger partial charge in [0.25, 0.3) is 5.91 Å². The number of thioether (sulfide) groups is 1. The van der Waals surface area contributed by atoms with E-state index in [0.717, 1.165) is 28.9 Å². The third-order valence-electron chi connectivity index (χ3n) is 5.50. The second-order valence-corrected chi connectivity index (χ2v) is 8.99. The summed E-state index contributed by atoms with van der Waals surface area (Å²) in [4.78, 5) is 20.9. The van der Waals surface area contributed by atoms with Gasteiger partial charge in [-0.25, -0.2) is 0 Å². The van der Waals surface area contributed by atoms with E-state index in [4.69, 9.17) is 14.9 Å². The number of aliphatic imine (C=N–C) groups is 1. The Kier molecular flexibility index (Phi) is 7.23. The van der Waals surface area contributed by atoms with Crippen molar-refractivity contribution >= 4 is 39.8 Å². The Morgan fingerprint density at radius 1 is 1.03 bits per heavy atom. The van der Waals surface area contributed by atoms with Crippen LogP contribution in [0.3, 0.4) is 0 Å². The van der Waals surface area contributed by atoms with Crippen molar-refractivity contribution in [3.05, 3.63) is 108 Å². The van der Waals surface area contributed by atoms with Gasteiger partial charge in [0.05, 0.1) is 5.57 Å². The molecule has 3 heterocycles. The highest BCUT2D eigenvalue weighted by molar-refractivity contribution is 8.27. The number of hydrazone groups is 1.